The molecule has 3 nitrogen and oxygen atoms in total. The molecular formula is C12H15FN2OS. The monoisotopic (exact) mass is 254 g/mol. The topological polar surface area (TPSA) is 33.2 Å². The lowest BCUT2D eigenvalue weighted by Crippen LogP contribution is -2.44. The van der Waals surface area contributed by atoms with Crippen LogP contribution in [0, 0.1) is 5.95 Å². The summed E-state index contributed by atoms with van der Waals surface area (Å²) in [6, 6.07) is 4.32. The Morgan fingerprint density at radius 3 is 2.65 bits per heavy atom. The van der Waals surface area contributed by atoms with Gasteiger partial charge in [0.15, 0.2) is 0 Å². The Hall–Kier alpha value is -1.10. The van der Waals surface area contributed by atoms with E-state index in [2.05, 4.69) is 18.8 Å². The molecule has 1 fully saturated rings. The number of aromatic nitrogens is 1. The number of hydrogen-bond acceptors (Lipinski definition) is 3. The Morgan fingerprint density at radius 2 is 2.06 bits per heavy atom. The van der Waals surface area contributed by atoms with Gasteiger partial charge in [0.1, 0.15) is 5.69 Å². The van der Waals surface area contributed by atoms with E-state index in [0.717, 1.165) is 0 Å². The summed E-state index contributed by atoms with van der Waals surface area (Å²) in [5.41, 5.74) is 0.191. The first-order valence-corrected chi connectivity index (χ1v) is 6.58. The molecule has 0 radical (unpaired) electrons. The van der Waals surface area contributed by atoms with E-state index in [0.29, 0.717) is 23.6 Å². The number of pyridine rings is 1. The lowest BCUT2D eigenvalue weighted by molar-refractivity contribution is 0.0746. The van der Waals surface area contributed by atoms with Crippen molar-refractivity contribution in [3.63, 3.8) is 0 Å². The summed E-state index contributed by atoms with van der Waals surface area (Å²) in [7, 11) is 0. The minimum absolute atomic E-state index is 0.177. The maximum absolute atomic E-state index is 13.0. The highest BCUT2D eigenvalue weighted by Gasteiger charge is 2.27. The van der Waals surface area contributed by atoms with Crippen molar-refractivity contribution >= 4 is 17.7 Å². The summed E-state index contributed by atoms with van der Waals surface area (Å²) in [6.45, 7) is 5.59. The maximum atomic E-state index is 13.0. The molecule has 1 saturated heterocycles. The summed E-state index contributed by atoms with van der Waals surface area (Å²) < 4.78 is 13.0. The van der Waals surface area contributed by atoms with Crippen molar-refractivity contribution in [2.24, 2.45) is 0 Å². The van der Waals surface area contributed by atoms with Crippen LogP contribution in [-0.2, 0) is 0 Å². The molecular weight excluding hydrogens is 239 g/mol. The lowest BCUT2D eigenvalue weighted by atomic mass is 10.2. The average molecular weight is 254 g/mol. The Bertz CT molecular complexity index is 417. The molecule has 2 heterocycles. The summed E-state index contributed by atoms with van der Waals surface area (Å²) in [4.78, 5) is 17.5. The van der Waals surface area contributed by atoms with Gasteiger partial charge in [0.25, 0.3) is 5.91 Å². The number of nitrogens with zero attached hydrogens (tertiary/aromatic N) is 2. The first-order chi connectivity index (χ1) is 8.06. The Kier molecular flexibility index (Phi) is 3.66. The number of carbonyl (C=O) groups is 1. The molecule has 0 aliphatic carbocycles. The van der Waals surface area contributed by atoms with Crippen molar-refractivity contribution in [2.45, 2.75) is 24.3 Å². The molecule has 17 heavy (non-hydrogen) atoms. The third-order valence-electron chi connectivity index (χ3n) is 2.64. The van der Waals surface area contributed by atoms with Crippen LogP contribution in [0.1, 0.15) is 24.3 Å². The minimum Gasteiger partial charge on any atom is -0.335 e. The smallest absolute Gasteiger partial charge is 0.272 e. The fourth-order valence-corrected chi connectivity index (χ4v) is 3.36. The van der Waals surface area contributed by atoms with Crippen molar-refractivity contribution in [3.05, 3.63) is 29.8 Å². The quantitative estimate of drug-likeness (QED) is 0.720. The van der Waals surface area contributed by atoms with Crippen LogP contribution in [-0.4, -0.2) is 39.4 Å². The van der Waals surface area contributed by atoms with E-state index in [1.165, 1.54) is 12.1 Å². The largest absolute Gasteiger partial charge is 0.335 e. The van der Waals surface area contributed by atoms with Crippen LogP contribution in [0.15, 0.2) is 18.2 Å². The molecule has 1 aromatic rings. The van der Waals surface area contributed by atoms with Gasteiger partial charge in [0.2, 0.25) is 5.95 Å². The van der Waals surface area contributed by atoms with Gasteiger partial charge in [-0.15, -0.1) is 0 Å². The van der Waals surface area contributed by atoms with Crippen molar-refractivity contribution in [3.8, 4) is 0 Å². The lowest BCUT2D eigenvalue weighted by Gasteiger charge is -2.34. The molecule has 1 amide bonds. The second-order valence-corrected chi connectivity index (χ2v) is 6.19. The average Bonchev–Trinajstić information content (AvgIpc) is 2.26. The van der Waals surface area contributed by atoms with E-state index in [4.69, 9.17) is 0 Å². The van der Waals surface area contributed by atoms with Gasteiger partial charge in [-0.25, -0.2) is 4.98 Å². The van der Waals surface area contributed by atoms with E-state index in [-0.39, 0.29) is 11.6 Å². The predicted octanol–water partition coefficient (Wildman–Crippen LogP) is 2.19. The van der Waals surface area contributed by atoms with E-state index in [1.807, 2.05) is 11.8 Å². The van der Waals surface area contributed by atoms with E-state index < -0.39 is 5.95 Å². The molecule has 5 heteroatoms. The number of rotatable bonds is 1. The van der Waals surface area contributed by atoms with Crippen LogP contribution >= 0.6 is 11.8 Å². The van der Waals surface area contributed by atoms with Crippen molar-refractivity contribution in [1.82, 2.24) is 9.88 Å². The molecule has 2 atom stereocenters. The van der Waals surface area contributed by atoms with E-state index >= 15 is 0 Å². The van der Waals surface area contributed by atoms with Gasteiger partial charge in [0, 0.05) is 23.6 Å². The summed E-state index contributed by atoms with van der Waals surface area (Å²) in [5.74, 6) is -0.785. The second kappa shape index (κ2) is 5.04. The van der Waals surface area contributed by atoms with Crippen LogP contribution < -0.4 is 0 Å². The van der Waals surface area contributed by atoms with Gasteiger partial charge in [-0.2, -0.15) is 16.2 Å². The van der Waals surface area contributed by atoms with Crippen molar-refractivity contribution < 1.29 is 9.18 Å². The van der Waals surface area contributed by atoms with Crippen LogP contribution in [0.4, 0.5) is 4.39 Å². The molecule has 2 unspecified atom stereocenters. The van der Waals surface area contributed by atoms with Gasteiger partial charge in [-0.3, -0.25) is 4.79 Å². The van der Waals surface area contributed by atoms with Crippen LogP contribution in [0.2, 0.25) is 0 Å². The highest BCUT2D eigenvalue weighted by molar-refractivity contribution is 8.00. The maximum Gasteiger partial charge on any atom is 0.272 e. The zero-order chi connectivity index (χ0) is 12.4. The van der Waals surface area contributed by atoms with E-state index in [9.17, 15) is 9.18 Å². The SMILES string of the molecule is CC1CN(C(=O)c2cccc(F)n2)CC(C)S1. The van der Waals surface area contributed by atoms with Gasteiger partial charge >= 0.3 is 0 Å². The predicted molar refractivity (Wildman–Crippen MR) is 66.6 cm³/mol. The Labute approximate surface area is 104 Å². The second-order valence-electron chi connectivity index (χ2n) is 4.31. The molecule has 0 spiro atoms. The van der Waals surface area contributed by atoms with Crippen LogP contribution in [0.25, 0.3) is 0 Å². The molecule has 1 aliphatic heterocycles. The molecule has 0 N–H and O–H groups in total. The van der Waals surface area contributed by atoms with Crippen molar-refractivity contribution in [2.75, 3.05) is 13.1 Å². The summed E-state index contributed by atoms with van der Waals surface area (Å²) in [5, 5.41) is 0.826. The fourth-order valence-electron chi connectivity index (χ4n) is 2.03. The number of halogens is 1. The highest BCUT2D eigenvalue weighted by atomic mass is 32.2. The van der Waals surface area contributed by atoms with Gasteiger partial charge in [-0.05, 0) is 12.1 Å². The number of carbonyl (C=O) groups excluding carboxylic acids is 1. The van der Waals surface area contributed by atoms with Gasteiger partial charge in [-0.1, -0.05) is 19.9 Å². The summed E-state index contributed by atoms with van der Waals surface area (Å²) >= 11 is 1.87. The van der Waals surface area contributed by atoms with E-state index in [1.54, 1.807) is 11.0 Å². The first kappa shape index (κ1) is 12.4. The normalized spacial score (nSPS) is 24.8. The van der Waals surface area contributed by atoms with Gasteiger partial charge in [0.05, 0.1) is 0 Å². The van der Waals surface area contributed by atoms with Crippen LogP contribution in [0.3, 0.4) is 0 Å². The first-order valence-electron chi connectivity index (χ1n) is 5.63. The molecule has 1 aliphatic rings. The number of thioether (sulfide) groups is 1. The highest BCUT2D eigenvalue weighted by Crippen LogP contribution is 2.25. The number of amides is 1. The molecule has 0 saturated carbocycles. The number of hydrogen-bond donors (Lipinski definition) is 0. The van der Waals surface area contributed by atoms with Gasteiger partial charge < -0.3 is 4.90 Å². The zero-order valence-corrected chi connectivity index (χ0v) is 10.7. The Morgan fingerprint density at radius 1 is 1.41 bits per heavy atom. The third kappa shape index (κ3) is 2.97. The molecule has 92 valence electrons. The van der Waals surface area contributed by atoms with Crippen molar-refractivity contribution in [1.29, 1.82) is 0 Å². The Balaban J connectivity index is 2.14. The third-order valence-corrected chi connectivity index (χ3v) is 3.87. The molecule has 0 aromatic carbocycles. The van der Waals surface area contributed by atoms with Crippen LogP contribution in [0.5, 0.6) is 0 Å². The fraction of sp³-hybridized carbons (Fsp3) is 0.500. The summed E-state index contributed by atoms with van der Waals surface area (Å²) in [6.07, 6.45) is 0. The molecule has 1 aromatic heterocycles. The standard InChI is InChI=1S/C12H15FN2OS/c1-8-6-15(7-9(2)17-8)12(16)10-4-3-5-11(13)14-10/h3-5,8-9H,6-7H2,1-2H3. The molecule has 0 bridgehead atoms. The zero-order valence-electron chi connectivity index (χ0n) is 9.89. The minimum atomic E-state index is -0.608. The molecule has 2 rings (SSSR count).